The van der Waals surface area contributed by atoms with Gasteiger partial charge in [-0.1, -0.05) is 34.2 Å². The molecule has 158 valence electrons. The number of ether oxygens (including phenoxy) is 1. The predicted octanol–water partition coefficient (Wildman–Crippen LogP) is 3.53. The van der Waals surface area contributed by atoms with E-state index in [0.717, 1.165) is 40.6 Å². The lowest BCUT2D eigenvalue weighted by Crippen LogP contribution is -2.39. The summed E-state index contributed by atoms with van der Waals surface area (Å²) in [4.78, 5) is 31.6. The molecule has 1 saturated heterocycles. The van der Waals surface area contributed by atoms with Gasteiger partial charge in [0, 0.05) is 31.2 Å². The molecule has 0 saturated carbocycles. The third-order valence-corrected chi connectivity index (χ3v) is 7.41. The van der Waals surface area contributed by atoms with E-state index in [1.165, 1.54) is 23.1 Å². The summed E-state index contributed by atoms with van der Waals surface area (Å²) in [6.45, 7) is 5.05. The van der Waals surface area contributed by atoms with Gasteiger partial charge in [0.15, 0.2) is 4.80 Å². The first-order chi connectivity index (χ1) is 14.0. The summed E-state index contributed by atoms with van der Waals surface area (Å²) in [6, 6.07) is 6.02. The standard InChI is InChI=1S/C20H26BrN3O3S2/c1-14-5-7-23(8-6-14)19(26)13-28-12-18(25)22-20-24(9-10-27-2)16-4-3-15(21)11-17(16)29-20/h3-4,11,14H,5-10,12-13H2,1-2H3. The molecule has 0 spiro atoms. The molecule has 0 radical (unpaired) electrons. The maximum Gasteiger partial charge on any atom is 0.258 e. The molecule has 2 heterocycles. The number of halogens is 1. The van der Waals surface area contributed by atoms with E-state index in [1.807, 2.05) is 27.7 Å². The van der Waals surface area contributed by atoms with Crippen molar-refractivity contribution >= 4 is 61.1 Å². The Morgan fingerprint density at radius 1 is 1.31 bits per heavy atom. The number of aromatic nitrogens is 1. The van der Waals surface area contributed by atoms with Crippen molar-refractivity contribution < 1.29 is 14.3 Å². The summed E-state index contributed by atoms with van der Waals surface area (Å²) in [7, 11) is 1.66. The summed E-state index contributed by atoms with van der Waals surface area (Å²) in [5.41, 5.74) is 1.03. The molecule has 1 aliphatic rings. The van der Waals surface area contributed by atoms with E-state index in [0.29, 0.717) is 29.6 Å². The quantitative estimate of drug-likeness (QED) is 0.584. The number of thiazole rings is 1. The molecule has 6 nitrogen and oxygen atoms in total. The zero-order valence-electron chi connectivity index (χ0n) is 16.7. The number of hydrogen-bond donors (Lipinski definition) is 0. The van der Waals surface area contributed by atoms with Crippen LogP contribution in [-0.4, -0.2) is 59.6 Å². The molecule has 1 aromatic carbocycles. The number of nitrogens with zero attached hydrogens (tertiary/aromatic N) is 3. The van der Waals surface area contributed by atoms with Crippen LogP contribution in [0.3, 0.4) is 0 Å². The van der Waals surface area contributed by atoms with Gasteiger partial charge in [-0.25, -0.2) is 0 Å². The first-order valence-electron chi connectivity index (χ1n) is 9.69. The third-order valence-electron chi connectivity index (χ3n) is 4.97. The highest BCUT2D eigenvalue weighted by atomic mass is 79.9. The Labute approximate surface area is 187 Å². The SMILES string of the molecule is COCCn1c(=NC(=O)CSCC(=O)N2CCC(C)CC2)sc2cc(Br)ccc21. The number of thioether (sulfide) groups is 1. The van der Waals surface area contributed by atoms with Gasteiger partial charge in [-0.2, -0.15) is 4.99 Å². The second kappa shape index (κ2) is 10.7. The van der Waals surface area contributed by atoms with Crippen molar-refractivity contribution in [1.29, 1.82) is 0 Å². The fourth-order valence-electron chi connectivity index (χ4n) is 3.24. The lowest BCUT2D eigenvalue weighted by atomic mass is 9.99. The van der Waals surface area contributed by atoms with Crippen LogP contribution in [0.15, 0.2) is 27.7 Å². The Kier molecular flexibility index (Phi) is 8.35. The van der Waals surface area contributed by atoms with Crippen molar-refractivity contribution in [2.24, 2.45) is 10.9 Å². The molecular weight excluding hydrogens is 474 g/mol. The molecule has 9 heteroatoms. The fraction of sp³-hybridized carbons (Fsp3) is 0.550. The van der Waals surface area contributed by atoms with Gasteiger partial charge in [-0.3, -0.25) is 9.59 Å². The van der Waals surface area contributed by atoms with E-state index < -0.39 is 0 Å². The number of piperidine rings is 1. The third kappa shape index (κ3) is 6.16. The summed E-state index contributed by atoms with van der Waals surface area (Å²) in [5.74, 6) is 1.14. The van der Waals surface area contributed by atoms with Gasteiger partial charge in [-0.15, -0.1) is 11.8 Å². The Balaban J connectivity index is 1.63. The highest BCUT2D eigenvalue weighted by molar-refractivity contribution is 9.10. The number of carbonyl (C=O) groups is 2. The smallest absolute Gasteiger partial charge is 0.258 e. The van der Waals surface area contributed by atoms with Gasteiger partial charge in [0.25, 0.3) is 5.91 Å². The van der Waals surface area contributed by atoms with Crippen LogP contribution in [0.25, 0.3) is 10.2 Å². The number of hydrogen-bond acceptors (Lipinski definition) is 5. The van der Waals surface area contributed by atoms with E-state index in [4.69, 9.17) is 4.74 Å². The van der Waals surface area contributed by atoms with Gasteiger partial charge < -0.3 is 14.2 Å². The molecule has 2 amide bonds. The van der Waals surface area contributed by atoms with Crippen LogP contribution < -0.4 is 4.80 Å². The highest BCUT2D eigenvalue weighted by Gasteiger charge is 2.20. The number of rotatable bonds is 7. The van der Waals surface area contributed by atoms with Crippen LogP contribution in [0.4, 0.5) is 0 Å². The number of likely N-dealkylation sites (tertiary alicyclic amines) is 1. The molecule has 1 aromatic heterocycles. The monoisotopic (exact) mass is 499 g/mol. The number of carbonyl (C=O) groups excluding carboxylic acids is 2. The van der Waals surface area contributed by atoms with Gasteiger partial charge >= 0.3 is 0 Å². The van der Waals surface area contributed by atoms with Crippen molar-refractivity contribution in [2.75, 3.05) is 38.3 Å². The molecule has 3 rings (SSSR count). The van der Waals surface area contributed by atoms with Gasteiger partial charge in [0.2, 0.25) is 5.91 Å². The van der Waals surface area contributed by atoms with Crippen LogP contribution in [0.5, 0.6) is 0 Å². The zero-order valence-corrected chi connectivity index (χ0v) is 19.9. The van der Waals surface area contributed by atoms with Crippen LogP contribution in [0, 0.1) is 5.92 Å². The fourth-order valence-corrected chi connectivity index (χ4v) is 5.57. The summed E-state index contributed by atoms with van der Waals surface area (Å²) in [6.07, 6.45) is 2.13. The summed E-state index contributed by atoms with van der Waals surface area (Å²) in [5, 5.41) is 0. The molecule has 1 fully saturated rings. The van der Waals surface area contributed by atoms with Gasteiger partial charge in [-0.05, 0) is 37.0 Å². The average molecular weight is 500 g/mol. The first kappa shape index (κ1) is 22.5. The van der Waals surface area contributed by atoms with Crippen LogP contribution >= 0.6 is 39.0 Å². The molecule has 0 atom stereocenters. The normalized spacial score (nSPS) is 16.0. The zero-order chi connectivity index (χ0) is 20.8. The number of amides is 2. The van der Waals surface area contributed by atoms with Crippen molar-refractivity contribution in [3.63, 3.8) is 0 Å². The van der Waals surface area contributed by atoms with Crippen molar-refractivity contribution in [3.05, 3.63) is 27.5 Å². The molecule has 0 N–H and O–H groups in total. The predicted molar refractivity (Wildman–Crippen MR) is 122 cm³/mol. The van der Waals surface area contributed by atoms with Gasteiger partial charge in [0.05, 0.1) is 28.3 Å². The summed E-state index contributed by atoms with van der Waals surface area (Å²) < 4.78 is 9.27. The van der Waals surface area contributed by atoms with Crippen LogP contribution in [0.1, 0.15) is 19.8 Å². The van der Waals surface area contributed by atoms with Crippen LogP contribution in [0.2, 0.25) is 0 Å². The molecular formula is C20H26BrN3O3S2. The number of methoxy groups -OCH3 is 1. The summed E-state index contributed by atoms with van der Waals surface area (Å²) >= 11 is 6.32. The minimum Gasteiger partial charge on any atom is -0.383 e. The van der Waals surface area contributed by atoms with E-state index in [-0.39, 0.29) is 17.6 Å². The minimum atomic E-state index is -0.216. The van der Waals surface area contributed by atoms with Gasteiger partial charge in [0.1, 0.15) is 0 Å². The topological polar surface area (TPSA) is 63.9 Å². The maximum atomic E-state index is 12.4. The molecule has 2 aromatic rings. The largest absolute Gasteiger partial charge is 0.383 e. The maximum absolute atomic E-state index is 12.4. The average Bonchev–Trinajstić information content (AvgIpc) is 3.02. The van der Waals surface area contributed by atoms with E-state index in [2.05, 4.69) is 27.8 Å². The van der Waals surface area contributed by atoms with Crippen molar-refractivity contribution in [2.45, 2.75) is 26.3 Å². The lowest BCUT2D eigenvalue weighted by molar-refractivity contribution is -0.129. The molecule has 29 heavy (non-hydrogen) atoms. The Hall–Kier alpha value is -1.16. The van der Waals surface area contributed by atoms with E-state index in [9.17, 15) is 9.59 Å². The van der Waals surface area contributed by atoms with Crippen LogP contribution in [-0.2, 0) is 20.9 Å². The second-order valence-corrected chi connectivity index (χ2v) is 10.1. The van der Waals surface area contributed by atoms with Crippen molar-refractivity contribution in [1.82, 2.24) is 9.47 Å². The lowest BCUT2D eigenvalue weighted by Gasteiger charge is -2.30. The Morgan fingerprint density at radius 3 is 2.79 bits per heavy atom. The number of fused-ring (bicyclic) bond motifs is 1. The molecule has 0 unspecified atom stereocenters. The highest BCUT2D eigenvalue weighted by Crippen LogP contribution is 2.22. The van der Waals surface area contributed by atoms with Crippen molar-refractivity contribution in [3.8, 4) is 0 Å². The van der Waals surface area contributed by atoms with E-state index >= 15 is 0 Å². The number of benzene rings is 1. The Bertz CT molecular complexity index is 933. The minimum absolute atomic E-state index is 0.122. The Morgan fingerprint density at radius 2 is 2.07 bits per heavy atom. The molecule has 0 bridgehead atoms. The first-order valence-corrected chi connectivity index (χ1v) is 12.4. The molecule has 1 aliphatic heterocycles. The second-order valence-electron chi connectivity index (χ2n) is 7.20. The van der Waals surface area contributed by atoms with E-state index in [1.54, 1.807) is 7.11 Å². The molecule has 0 aliphatic carbocycles.